The van der Waals surface area contributed by atoms with E-state index >= 15 is 0 Å². The summed E-state index contributed by atoms with van der Waals surface area (Å²) in [5, 5.41) is 0. The Morgan fingerprint density at radius 1 is 1.46 bits per heavy atom. The molecule has 0 aliphatic carbocycles. The molecule has 0 saturated carbocycles. The molecule has 0 saturated heterocycles. The van der Waals surface area contributed by atoms with Crippen LogP contribution in [0.2, 0.25) is 0 Å². The standard InChI is InChI=1S/C9H12N2O2/c1-5-3-6(9(11)12)8(13-2)4-7(5)10/h3-4H,10H2,1-2H3,(H2,11,12). The number of carbonyl (C=O) groups is 1. The van der Waals surface area contributed by atoms with Crippen LogP contribution in [0.3, 0.4) is 0 Å². The van der Waals surface area contributed by atoms with Crippen molar-refractivity contribution in [2.45, 2.75) is 6.92 Å². The predicted octanol–water partition coefficient (Wildman–Crippen LogP) is 0.685. The summed E-state index contributed by atoms with van der Waals surface area (Å²) in [6.07, 6.45) is 0. The fourth-order valence-electron chi connectivity index (χ4n) is 1.07. The smallest absolute Gasteiger partial charge is 0.252 e. The first-order chi connectivity index (χ1) is 6.06. The molecule has 0 aliphatic rings. The molecule has 4 heteroatoms. The first kappa shape index (κ1) is 9.38. The molecule has 1 aromatic rings. The third-order valence-electron chi connectivity index (χ3n) is 1.85. The van der Waals surface area contributed by atoms with Crippen LogP contribution in [0.5, 0.6) is 5.75 Å². The quantitative estimate of drug-likeness (QED) is 0.657. The molecule has 4 nitrogen and oxygen atoms in total. The van der Waals surface area contributed by atoms with Crippen LogP contribution >= 0.6 is 0 Å². The molecule has 0 heterocycles. The minimum absolute atomic E-state index is 0.356. The van der Waals surface area contributed by atoms with Crippen molar-refractivity contribution < 1.29 is 9.53 Å². The summed E-state index contributed by atoms with van der Waals surface area (Å²) in [6.45, 7) is 1.81. The van der Waals surface area contributed by atoms with Gasteiger partial charge in [-0.15, -0.1) is 0 Å². The fraction of sp³-hybridized carbons (Fsp3) is 0.222. The van der Waals surface area contributed by atoms with Crippen LogP contribution in [0.15, 0.2) is 12.1 Å². The first-order valence-electron chi connectivity index (χ1n) is 3.80. The molecule has 0 radical (unpaired) electrons. The molecule has 0 atom stereocenters. The Morgan fingerprint density at radius 3 is 2.54 bits per heavy atom. The summed E-state index contributed by atoms with van der Waals surface area (Å²) >= 11 is 0. The van der Waals surface area contributed by atoms with Gasteiger partial charge in [0.15, 0.2) is 0 Å². The number of rotatable bonds is 2. The van der Waals surface area contributed by atoms with Gasteiger partial charge in [0.1, 0.15) is 5.75 Å². The molecule has 0 unspecified atom stereocenters. The highest BCUT2D eigenvalue weighted by Crippen LogP contribution is 2.24. The number of anilines is 1. The van der Waals surface area contributed by atoms with Gasteiger partial charge >= 0.3 is 0 Å². The van der Waals surface area contributed by atoms with Crippen LogP contribution < -0.4 is 16.2 Å². The van der Waals surface area contributed by atoms with Crippen LogP contribution in [0.1, 0.15) is 15.9 Å². The van der Waals surface area contributed by atoms with E-state index in [-0.39, 0.29) is 0 Å². The zero-order chi connectivity index (χ0) is 10.0. The summed E-state index contributed by atoms with van der Waals surface area (Å²) in [5.41, 5.74) is 12.5. The number of amides is 1. The lowest BCUT2D eigenvalue weighted by molar-refractivity contribution is 0.0997. The summed E-state index contributed by atoms with van der Waals surface area (Å²) in [5.74, 6) is -0.101. The van der Waals surface area contributed by atoms with Gasteiger partial charge < -0.3 is 16.2 Å². The van der Waals surface area contributed by atoms with Crippen molar-refractivity contribution in [1.29, 1.82) is 0 Å². The average molecular weight is 180 g/mol. The minimum Gasteiger partial charge on any atom is -0.496 e. The van der Waals surface area contributed by atoms with Gasteiger partial charge in [-0.25, -0.2) is 0 Å². The lowest BCUT2D eigenvalue weighted by atomic mass is 10.1. The molecule has 1 rings (SSSR count). The SMILES string of the molecule is COc1cc(N)c(C)cc1C(N)=O. The highest BCUT2D eigenvalue weighted by atomic mass is 16.5. The van der Waals surface area contributed by atoms with Gasteiger partial charge in [0.25, 0.3) is 5.91 Å². The number of ether oxygens (including phenoxy) is 1. The molecule has 0 spiro atoms. The van der Waals surface area contributed by atoms with Crippen molar-refractivity contribution in [3.63, 3.8) is 0 Å². The van der Waals surface area contributed by atoms with Crippen molar-refractivity contribution in [3.05, 3.63) is 23.3 Å². The zero-order valence-electron chi connectivity index (χ0n) is 7.63. The van der Waals surface area contributed by atoms with Gasteiger partial charge in [-0.2, -0.15) is 0 Å². The Morgan fingerprint density at radius 2 is 2.08 bits per heavy atom. The number of hydrogen-bond acceptors (Lipinski definition) is 3. The van der Waals surface area contributed by atoms with Crippen molar-refractivity contribution in [2.75, 3.05) is 12.8 Å². The van der Waals surface area contributed by atoms with E-state index in [0.29, 0.717) is 17.0 Å². The molecule has 0 fully saturated rings. The first-order valence-corrected chi connectivity index (χ1v) is 3.80. The minimum atomic E-state index is -0.514. The molecule has 70 valence electrons. The second kappa shape index (κ2) is 3.35. The lowest BCUT2D eigenvalue weighted by Crippen LogP contribution is -2.13. The monoisotopic (exact) mass is 180 g/mol. The second-order valence-corrected chi connectivity index (χ2v) is 2.77. The van der Waals surface area contributed by atoms with Crippen LogP contribution in [0.25, 0.3) is 0 Å². The normalized spacial score (nSPS) is 9.69. The van der Waals surface area contributed by atoms with E-state index in [2.05, 4.69) is 0 Å². The third-order valence-corrected chi connectivity index (χ3v) is 1.85. The number of primary amides is 1. The average Bonchev–Trinajstić information content (AvgIpc) is 2.08. The van der Waals surface area contributed by atoms with E-state index in [9.17, 15) is 4.79 Å². The summed E-state index contributed by atoms with van der Waals surface area (Å²) in [6, 6.07) is 3.21. The zero-order valence-corrected chi connectivity index (χ0v) is 7.63. The Labute approximate surface area is 76.5 Å². The number of nitrogens with two attached hydrogens (primary N) is 2. The summed E-state index contributed by atoms with van der Waals surface area (Å²) in [4.78, 5) is 10.9. The van der Waals surface area contributed by atoms with Crippen molar-refractivity contribution in [2.24, 2.45) is 5.73 Å². The largest absolute Gasteiger partial charge is 0.496 e. The van der Waals surface area contributed by atoms with E-state index in [1.54, 1.807) is 19.1 Å². The molecular weight excluding hydrogens is 168 g/mol. The molecular formula is C9H12N2O2. The molecule has 0 bridgehead atoms. The molecule has 1 amide bonds. The maximum Gasteiger partial charge on any atom is 0.252 e. The number of methoxy groups -OCH3 is 1. The van der Waals surface area contributed by atoms with E-state index in [0.717, 1.165) is 5.56 Å². The van der Waals surface area contributed by atoms with Gasteiger partial charge in [0.05, 0.1) is 12.7 Å². The Balaban J connectivity index is 3.33. The molecule has 4 N–H and O–H groups in total. The summed E-state index contributed by atoms with van der Waals surface area (Å²) < 4.78 is 4.96. The maximum absolute atomic E-state index is 10.9. The van der Waals surface area contributed by atoms with Crippen LogP contribution in [0.4, 0.5) is 5.69 Å². The van der Waals surface area contributed by atoms with Crippen LogP contribution in [-0.2, 0) is 0 Å². The number of benzene rings is 1. The van der Waals surface area contributed by atoms with Crippen LogP contribution in [-0.4, -0.2) is 13.0 Å². The van der Waals surface area contributed by atoms with E-state index < -0.39 is 5.91 Å². The number of nitrogen functional groups attached to an aromatic ring is 1. The Kier molecular flexibility index (Phi) is 2.41. The molecule has 0 aliphatic heterocycles. The van der Waals surface area contributed by atoms with Gasteiger partial charge in [0, 0.05) is 11.8 Å². The van der Waals surface area contributed by atoms with E-state index in [1.165, 1.54) is 7.11 Å². The second-order valence-electron chi connectivity index (χ2n) is 2.77. The Bertz CT molecular complexity index is 348. The molecule has 1 aromatic carbocycles. The summed E-state index contributed by atoms with van der Waals surface area (Å²) in [7, 11) is 1.47. The van der Waals surface area contributed by atoms with Crippen LogP contribution in [0, 0.1) is 6.92 Å². The molecule has 0 aromatic heterocycles. The third kappa shape index (κ3) is 1.72. The fourth-order valence-corrected chi connectivity index (χ4v) is 1.07. The molecule has 13 heavy (non-hydrogen) atoms. The van der Waals surface area contributed by atoms with Gasteiger partial charge in [-0.1, -0.05) is 0 Å². The predicted molar refractivity (Wildman–Crippen MR) is 50.7 cm³/mol. The van der Waals surface area contributed by atoms with Gasteiger partial charge in [0.2, 0.25) is 0 Å². The highest BCUT2D eigenvalue weighted by Gasteiger charge is 2.10. The number of carbonyl (C=O) groups excluding carboxylic acids is 1. The Hall–Kier alpha value is -1.71. The van der Waals surface area contributed by atoms with E-state index in [4.69, 9.17) is 16.2 Å². The van der Waals surface area contributed by atoms with Crippen molar-refractivity contribution in [3.8, 4) is 5.75 Å². The lowest BCUT2D eigenvalue weighted by Gasteiger charge is -2.08. The van der Waals surface area contributed by atoms with Crippen molar-refractivity contribution >= 4 is 11.6 Å². The van der Waals surface area contributed by atoms with Gasteiger partial charge in [-0.3, -0.25) is 4.79 Å². The van der Waals surface area contributed by atoms with E-state index in [1.807, 2.05) is 0 Å². The maximum atomic E-state index is 10.9. The number of aryl methyl sites for hydroxylation is 1. The number of hydrogen-bond donors (Lipinski definition) is 2. The van der Waals surface area contributed by atoms with Crippen molar-refractivity contribution in [1.82, 2.24) is 0 Å². The highest BCUT2D eigenvalue weighted by molar-refractivity contribution is 5.96. The topological polar surface area (TPSA) is 78.3 Å². The van der Waals surface area contributed by atoms with Gasteiger partial charge in [-0.05, 0) is 18.6 Å².